The van der Waals surface area contributed by atoms with E-state index in [9.17, 15) is 0 Å². The Labute approximate surface area is 91.9 Å². The summed E-state index contributed by atoms with van der Waals surface area (Å²) in [6, 6.07) is 2.34. The van der Waals surface area contributed by atoms with Gasteiger partial charge in [0.05, 0.1) is 12.6 Å². The van der Waals surface area contributed by atoms with Crippen LogP contribution in [-0.2, 0) is 11.2 Å². The smallest absolute Gasteiger partial charge is 0.0661 e. The summed E-state index contributed by atoms with van der Waals surface area (Å²) in [5.41, 5.74) is 2.58. The Morgan fingerprint density at radius 3 is 2.87 bits per heavy atom. The Balaban J connectivity index is 2.80. The Hall–Kier alpha value is -0.930. The fourth-order valence-electron chi connectivity index (χ4n) is 1.64. The van der Waals surface area contributed by atoms with E-state index in [1.165, 1.54) is 11.1 Å². The molecule has 0 radical (unpaired) electrons. The van der Waals surface area contributed by atoms with E-state index in [4.69, 9.17) is 4.74 Å². The van der Waals surface area contributed by atoms with Crippen LogP contribution >= 0.6 is 0 Å². The first-order chi connectivity index (χ1) is 7.33. The first-order valence-electron chi connectivity index (χ1n) is 5.51. The Morgan fingerprint density at radius 2 is 2.27 bits per heavy atom. The van der Waals surface area contributed by atoms with Crippen LogP contribution in [0.1, 0.15) is 31.0 Å². The summed E-state index contributed by atoms with van der Waals surface area (Å²) in [6.45, 7) is 5.63. The monoisotopic (exact) mass is 208 g/mol. The van der Waals surface area contributed by atoms with Crippen LogP contribution in [0.5, 0.6) is 0 Å². The van der Waals surface area contributed by atoms with Crippen LogP contribution in [-0.4, -0.2) is 25.2 Å². The third-order valence-corrected chi connectivity index (χ3v) is 2.53. The lowest BCUT2D eigenvalue weighted by atomic mass is 10.0. The molecule has 0 saturated carbocycles. The van der Waals surface area contributed by atoms with Gasteiger partial charge in [-0.2, -0.15) is 0 Å². The zero-order valence-electron chi connectivity index (χ0n) is 9.79. The third kappa shape index (κ3) is 3.29. The van der Waals surface area contributed by atoms with E-state index < -0.39 is 0 Å². The van der Waals surface area contributed by atoms with Gasteiger partial charge in [0.1, 0.15) is 0 Å². The van der Waals surface area contributed by atoms with Gasteiger partial charge in [-0.05, 0) is 37.6 Å². The predicted molar refractivity (Wildman–Crippen MR) is 61.9 cm³/mol. The third-order valence-electron chi connectivity index (χ3n) is 2.53. The number of rotatable bonds is 6. The minimum Gasteiger partial charge on any atom is -0.380 e. The first-order valence-corrected chi connectivity index (χ1v) is 5.51. The van der Waals surface area contributed by atoms with Crippen LogP contribution in [0, 0.1) is 0 Å². The number of pyridine rings is 1. The number of likely N-dealkylation sites (N-methyl/N-ethyl adjacent to an activating group) is 1. The molecule has 3 heteroatoms. The molecule has 0 aliphatic carbocycles. The van der Waals surface area contributed by atoms with E-state index in [1.54, 1.807) is 0 Å². The molecule has 84 valence electrons. The summed E-state index contributed by atoms with van der Waals surface area (Å²) in [4.78, 5) is 4.14. The van der Waals surface area contributed by atoms with Crippen molar-refractivity contribution in [3.8, 4) is 0 Å². The SMILES string of the molecule is CCOCC(NC)c1ccncc1CC. The van der Waals surface area contributed by atoms with Gasteiger partial charge in [0.25, 0.3) is 0 Å². The number of nitrogens with one attached hydrogen (secondary N) is 1. The molecular formula is C12H20N2O. The van der Waals surface area contributed by atoms with Gasteiger partial charge in [-0.15, -0.1) is 0 Å². The molecule has 1 N–H and O–H groups in total. The van der Waals surface area contributed by atoms with E-state index in [0.717, 1.165) is 13.0 Å². The van der Waals surface area contributed by atoms with Crippen molar-refractivity contribution in [1.29, 1.82) is 0 Å². The molecule has 1 unspecified atom stereocenters. The van der Waals surface area contributed by atoms with Crippen LogP contribution in [0.25, 0.3) is 0 Å². The van der Waals surface area contributed by atoms with Crippen molar-refractivity contribution >= 4 is 0 Å². The minimum absolute atomic E-state index is 0.267. The molecule has 0 amide bonds. The van der Waals surface area contributed by atoms with Crippen LogP contribution in [0.15, 0.2) is 18.5 Å². The number of nitrogens with zero attached hydrogens (tertiary/aromatic N) is 1. The normalized spacial score (nSPS) is 12.7. The van der Waals surface area contributed by atoms with Gasteiger partial charge in [-0.1, -0.05) is 6.92 Å². The summed E-state index contributed by atoms with van der Waals surface area (Å²) in [5, 5.41) is 3.28. The highest BCUT2D eigenvalue weighted by Crippen LogP contribution is 2.17. The molecule has 3 nitrogen and oxygen atoms in total. The van der Waals surface area contributed by atoms with Gasteiger partial charge < -0.3 is 10.1 Å². The van der Waals surface area contributed by atoms with Crippen LogP contribution in [0.4, 0.5) is 0 Å². The van der Waals surface area contributed by atoms with E-state index in [1.807, 2.05) is 26.4 Å². The number of hydrogen-bond acceptors (Lipinski definition) is 3. The molecule has 0 saturated heterocycles. The summed E-state index contributed by atoms with van der Waals surface area (Å²) in [5.74, 6) is 0. The second-order valence-electron chi connectivity index (χ2n) is 3.43. The highest BCUT2D eigenvalue weighted by Gasteiger charge is 2.12. The quantitative estimate of drug-likeness (QED) is 0.775. The summed E-state index contributed by atoms with van der Waals surface area (Å²) in [6.07, 6.45) is 4.78. The van der Waals surface area contributed by atoms with Crippen molar-refractivity contribution in [2.24, 2.45) is 0 Å². The van der Waals surface area contributed by atoms with Crippen molar-refractivity contribution in [3.63, 3.8) is 0 Å². The second kappa shape index (κ2) is 6.53. The molecule has 15 heavy (non-hydrogen) atoms. The average Bonchev–Trinajstić information content (AvgIpc) is 2.30. The molecule has 0 bridgehead atoms. The van der Waals surface area contributed by atoms with Gasteiger partial charge in [0.15, 0.2) is 0 Å². The molecule has 0 aliphatic rings. The topological polar surface area (TPSA) is 34.1 Å². The molecule has 0 spiro atoms. The Morgan fingerprint density at radius 1 is 1.47 bits per heavy atom. The maximum Gasteiger partial charge on any atom is 0.0661 e. The Bertz CT molecular complexity index is 289. The lowest BCUT2D eigenvalue weighted by Crippen LogP contribution is -2.23. The highest BCUT2D eigenvalue weighted by atomic mass is 16.5. The molecule has 1 aromatic heterocycles. The molecule has 0 aromatic carbocycles. The number of aromatic nitrogens is 1. The minimum atomic E-state index is 0.267. The summed E-state index contributed by atoms with van der Waals surface area (Å²) in [7, 11) is 1.96. The molecular weight excluding hydrogens is 188 g/mol. The van der Waals surface area contributed by atoms with Crippen LogP contribution in [0.3, 0.4) is 0 Å². The maximum absolute atomic E-state index is 5.46. The maximum atomic E-state index is 5.46. The van der Waals surface area contributed by atoms with Crippen molar-refractivity contribution in [2.75, 3.05) is 20.3 Å². The van der Waals surface area contributed by atoms with Gasteiger partial charge in [-0.3, -0.25) is 4.98 Å². The van der Waals surface area contributed by atoms with Crippen molar-refractivity contribution in [2.45, 2.75) is 26.3 Å². The van der Waals surface area contributed by atoms with Crippen molar-refractivity contribution in [1.82, 2.24) is 10.3 Å². The zero-order valence-corrected chi connectivity index (χ0v) is 9.79. The molecule has 1 aromatic rings. The number of aryl methyl sites for hydroxylation is 1. The molecule has 0 aliphatic heterocycles. The lowest BCUT2D eigenvalue weighted by Gasteiger charge is -2.18. The van der Waals surface area contributed by atoms with E-state index in [0.29, 0.717) is 6.61 Å². The largest absolute Gasteiger partial charge is 0.380 e. The predicted octanol–water partition coefficient (Wildman–Crippen LogP) is 1.94. The van der Waals surface area contributed by atoms with Crippen molar-refractivity contribution < 1.29 is 4.74 Å². The number of ether oxygens (including phenoxy) is 1. The summed E-state index contributed by atoms with van der Waals surface area (Å²) < 4.78 is 5.46. The van der Waals surface area contributed by atoms with Gasteiger partial charge in [0.2, 0.25) is 0 Å². The second-order valence-corrected chi connectivity index (χ2v) is 3.43. The standard InChI is InChI=1S/C12H20N2O/c1-4-10-8-14-7-6-11(10)12(13-3)9-15-5-2/h6-8,12-13H,4-5,9H2,1-3H3. The van der Waals surface area contributed by atoms with Crippen LogP contribution < -0.4 is 5.32 Å². The highest BCUT2D eigenvalue weighted by molar-refractivity contribution is 5.26. The molecule has 1 heterocycles. The van der Waals surface area contributed by atoms with E-state index in [-0.39, 0.29) is 6.04 Å². The lowest BCUT2D eigenvalue weighted by molar-refractivity contribution is 0.125. The zero-order chi connectivity index (χ0) is 11.1. The summed E-state index contributed by atoms with van der Waals surface area (Å²) >= 11 is 0. The first kappa shape index (κ1) is 12.1. The fraction of sp³-hybridized carbons (Fsp3) is 0.583. The fourth-order valence-corrected chi connectivity index (χ4v) is 1.64. The van der Waals surface area contributed by atoms with Crippen molar-refractivity contribution in [3.05, 3.63) is 29.6 Å². The molecule has 0 fully saturated rings. The van der Waals surface area contributed by atoms with Gasteiger partial charge in [0, 0.05) is 19.0 Å². The number of hydrogen-bond donors (Lipinski definition) is 1. The van der Waals surface area contributed by atoms with E-state index >= 15 is 0 Å². The molecule has 1 atom stereocenters. The average molecular weight is 208 g/mol. The van der Waals surface area contributed by atoms with E-state index in [2.05, 4.69) is 23.3 Å². The van der Waals surface area contributed by atoms with Gasteiger partial charge in [-0.25, -0.2) is 0 Å². The van der Waals surface area contributed by atoms with Gasteiger partial charge >= 0.3 is 0 Å². The Kier molecular flexibility index (Phi) is 5.29. The molecule has 1 rings (SSSR count). The van der Waals surface area contributed by atoms with Crippen LogP contribution in [0.2, 0.25) is 0 Å².